The highest BCUT2D eigenvalue weighted by molar-refractivity contribution is 6.06. The molecule has 0 saturated carbocycles. The number of anilines is 2. The van der Waals surface area contributed by atoms with Gasteiger partial charge < -0.3 is 30.3 Å². The molecular weight excluding hydrogens is 302 g/mol. The average Bonchev–Trinajstić information content (AvgIpc) is 3.10. The normalized spacial score (nSPS) is 10.0. The van der Waals surface area contributed by atoms with Gasteiger partial charge >= 0.3 is 0 Å². The van der Waals surface area contributed by atoms with Crippen LogP contribution in [0, 0.1) is 0 Å². The number of carbonyl (C=O) groups excluding carboxylic acids is 2. The number of ether oxygens (including phenoxy) is 2. The van der Waals surface area contributed by atoms with Gasteiger partial charge in [0.25, 0.3) is 5.91 Å². The fourth-order valence-electron chi connectivity index (χ4n) is 1.88. The van der Waals surface area contributed by atoms with E-state index in [-0.39, 0.29) is 12.3 Å². The van der Waals surface area contributed by atoms with E-state index in [2.05, 4.69) is 10.6 Å². The molecule has 2 aromatic rings. The minimum Gasteiger partial charge on any atom is -0.493 e. The van der Waals surface area contributed by atoms with Crippen molar-refractivity contribution in [3.8, 4) is 11.5 Å². The lowest BCUT2D eigenvalue weighted by Gasteiger charge is -2.15. The molecule has 4 N–H and O–H groups in total. The molecular formula is C15H17N3O5. The van der Waals surface area contributed by atoms with E-state index in [1.807, 2.05) is 0 Å². The predicted octanol–water partition coefficient (Wildman–Crippen LogP) is 1.45. The van der Waals surface area contributed by atoms with Gasteiger partial charge in [0.05, 0.1) is 38.4 Å². The quantitative estimate of drug-likeness (QED) is 0.742. The molecule has 0 aliphatic heterocycles. The number of furan rings is 1. The Morgan fingerprint density at radius 3 is 2.22 bits per heavy atom. The standard InChI is InChI=1S/C15H17N3O5/c1-21-12-6-9(17-14(19)8-16)10(7-13(12)22-2)18-15(20)11-4-3-5-23-11/h3-7H,8,16H2,1-2H3,(H,17,19)(H,18,20). The van der Waals surface area contributed by atoms with Crippen molar-refractivity contribution in [2.45, 2.75) is 0 Å². The van der Waals surface area contributed by atoms with Gasteiger partial charge in [0.1, 0.15) is 0 Å². The number of methoxy groups -OCH3 is 2. The van der Waals surface area contributed by atoms with Crippen molar-refractivity contribution >= 4 is 23.2 Å². The molecule has 8 nitrogen and oxygen atoms in total. The van der Waals surface area contributed by atoms with Crippen LogP contribution in [0.25, 0.3) is 0 Å². The van der Waals surface area contributed by atoms with E-state index < -0.39 is 11.8 Å². The largest absolute Gasteiger partial charge is 0.493 e. The van der Waals surface area contributed by atoms with Crippen molar-refractivity contribution in [2.24, 2.45) is 5.73 Å². The van der Waals surface area contributed by atoms with Gasteiger partial charge in [-0.25, -0.2) is 0 Å². The summed E-state index contributed by atoms with van der Waals surface area (Å²) >= 11 is 0. The summed E-state index contributed by atoms with van der Waals surface area (Å²) in [7, 11) is 2.93. The molecule has 23 heavy (non-hydrogen) atoms. The predicted molar refractivity (Wildman–Crippen MR) is 83.9 cm³/mol. The lowest BCUT2D eigenvalue weighted by molar-refractivity contribution is -0.114. The van der Waals surface area contributed by atoms with Gasteiger partial charge in [0.2, 0.25) is 5.91 Å². The smallest absolute Gasteiger partial charge is 0.291 e. The second-order valence-corrected chi connectivity index (χ2v) is 4.44. The molecule has 8 heteroatoms. The lowest BCUT2D eigenvalue weighted by atomic mass is 10.2. The summed E-state index contributed by atoms with van der Waals surface area (Å²) in [6, 6.07) is 6.19. The lowest BCUT2D eigenvalue weighted by Crippen LogP contribution is -2.23. The molecule has 0 spiro atoms. The Morgan fingerprint density at radius 2 is 1.74 bits per heavy atom. The number of nitrogens with one attached hydrogen (secondary N) is 2. The number of carbonyl (C=O) groups is 2. The first-order chi connectivity index (χ1) is 11.1. The van der Waals surface area contributed by atoms with Crippen LogP contribution in [0.2, 0.25) is 0 Å². The van der Waals surface area contributed by atoms with Crippen molar-refractivity contribution in [3.63, 3.8) is 0 Å². The van der Waals surface area contributed by atoms with Crippen LogP contribution < -0.4 is 25.8 Å². The highest BCUT2D eigenvalue weighted by Crippen LogP contribution is 2.36. The summed E-state index contributed by atoms with van der Waals surface area (Å²) < 4.78 is 15.4. The molecule has 1 aromatic heterocycles. The van der Waals surface area contributed by atoms with Crippen molar-refractivity contribution < 1.29 is 23.5 Å². The van der Waals surface area contributed by atoms with Crippen molar-refractivity contribution in [3.05, 3.63) is 36.3 Å². The van der Waals surface area contributed by atoms with E-state index in [0.717, 1.165) is 0 Å². The number of nitrogens with two attached hydrogens (primary N) is 1. The molecule has 1 aromatic carbocycles. The first kappa shape index (κ1) is 16.4. The second-order valence-electron chi connectivity index (χ2n) is 4.44. The summed E-state index contributed by atoms with van der Waals surface area (Å²) in [6.07, 6.45) is 1.39. The molecule has 2 amide bonds. The van der Waals surface area contributed by atoms with Gasteiger partial charge in [-0.3, -0.25) is 9.59 Å². The SMILES string of the molecule is COc1cc(NC(=O)CN)c(NC(=O)c2ccco2)cc1OC. The minimum absolute atomic E-state index is 0.135. The molecule has 2 rings (SSSR count). The molecule has 0 aliphatic carbocycles. The fraction of sp³-hybridized carbons (Fsp3) is 0.200. The number of hydrogen-bond donors (Lipinski definition) is 3. The molecule has 0 unspecified atom stereocenters. The molecule has 0 fully saturated rings. The van der Waals surface area contributed by atoms with Gasteiger partial charge in [-0.05, 0) is 12.1 Å². The Morgan fingerprint density at radius 1 is 1.13 bits per heavy atom. The first-order valence-electron chi connectivity index (χ1n) is 6.69. The third kappa shape index (κ3) is 3.80. The van der Waals surface area contributed by atoms with E-state index in [4.69, 9.17) is 19.6 Å². The van der Waals surface area contributed by atoms with Gasteiger partial charge in [-0.1, -0.05) is 0 Å². The van der Waals surface area contributed by atoms with E-state index in [1.165, 1.54) is 38.7 Å². The Balaban J connectivity index is 2.37. The van der Waals surface area contributed by atoms with Crippen molar-refractivity contribution in [1.29, 1.82) is 0 Å². The second kappa shape index (κ2) is 7.32. The number of benzene rings is 1. The van der Waals surface area contributed by atoms with E-state index in [0.29, 0.717) is 22.9 Å². The third-order valence-electron chi connectivity index (χ3n) is 2.98. The van der Waals surface area contributed by atoms with Gasteiger partial charge in [-0.2, -0.15) is 0 Å². The summed E-state index contributed by atoms with van der Waals surface area (Å²) in [6.45, 7) is -0.195. The van der Waals surface area contributed by atoms with Gasteiger partial charge in [0.15, 0.2) is 17.3 Å². The van der Waals surface area contributed by atoms with Gasteiger partial charge in [-0.15, -0.1) is 0 Å². The molecule has 0 aliphatic rings. The van der Waals surface area contributed by atoms with Crippen LogP contribution in [0.1, 0.15) is 10.6 Å². The van der Waals surface area contributed by atoms with Crippen LogP contribution in [0.15, 0.2) is 34.9 Å². The van der Waals surface area contributed by atoms with Gasteiger partial charge in [0, 0.05) is 12.1 Å². The van der Waals surface area contributed by atoms with Crippen LogP contribution >= 0.6 is 0 Å². The maximum atomic E-state index is 12.1. The molecule has 1 heterocycles. The van der Waals surface area contributed by atoms with Crippen LogP contribution in [0.4, 0.5) is 11.4 Å². The molecule has 0 bridgehead atoms. The monoisotopic (exact) mass is 319 g/mol. The maximum Gasteiger partial charge on any atom is 0.291 e. The zero-order valence-corrected chi connectivity index (χ0v) is 12.7. The fourth-order valence-corrected chi connectivity index (χ4v) is 1.88. The molecule has 0 saturated heterocycles. The number of amides is 2. The van der Waals surface area contributed by atoms with Crippen LogP contribution in [0.5, 0.6) is 11.5 Å². The average molecular weight is 319 g/mol. The summed E-state index contributed by atoms with van der Waals surface area (Å²) in [5.74, 6) is 0.0517. The Kier molecular flexibility index (Phi) is 5.21. The van der Waals surface area contributed by atoms with Crippen LogP contribution in [-0.4, -0.2) is 32.6 Å². The summed E-state index contributed by atoms with van der Waals surface area (Å²) in [5, 5.41) is 5.24. The maximum absolute atomic E-state index is 12.1. The van der Waals surface area contributed by atoms with Crippen molar-refractivity contribution in [1.82, 2.24) is 0 Å². The van der Waals surface area contributed by atoms with E-state index in [1.54, 1.807) is 6.07 Å². The van der Waals surface area contributed by atoms with Crippen LogP contribution in [-0.2, 0) is 4.79 Å². The molecule has 122 valence electrons. The zero-order valence-electron chi connectivity index (χ0n) is 12.7. The Hall–Kier alpha value is -3.00. The van der Waals surface area contributed by atoms with Crippen molar-refractivity contribution in [2.75, 3.05) is 31.4 Å². The Bertz CT molecular complexity index is 697. The molecule has 0 radical (unpaired) electrons. The Labute approximate surface area is 132 Å². The van der Waals surface area contributed by atoms with E-state index >= 15 is 0 Å². The highest BCUT2D eigenvalue weighted by atomic mass is 16.5. The first-order valence-corrected chi connectivity index (χ1v) is 6.69. The zero-order chi connectivity index (χ0) is 16.8. The third-order valence-corrected chi connectivity index (χ3v) is 2.98. The number of rotatable bonds is 6. The van der Waals surface area contributed by atoms with Crippen LogP contribution in [0.3, 0.4) is 0 Å². The molecule has 0 atom stereocenters. The highest BCUT2D eigenvalue weighted by Gasteiger charge is 2.16. The summed E-state index contributed by atoms with van der Waals surface area (Å²) in [4.78, 5) is 23.7. The minimum atomic E-state index is -0.467. The topological polar surface area (TPSA) is 116 Å². The van der Waals surface area contributed by atoms with E-state index in [9.17, 15) is 9.59 Å². The summed E-state index contributed by atoms with van der Waals surface area (Å²) in [5.41, 5.74) is 5.96. The number of hydrogen-bond acceptors (Lipinski definition) is 6.